The number of fused-ring (bicyclic) bond motifs is 7. The lowest BCUT2D eigenvalue weighted by molar-refractivity contribution is 0.642. The molecule has 0 aliphatic rings. The molecule has 7 heteroatoms. The van der Waals surface area contributed by atoms with Crippen LogP contribution in [0.1, 0.15) is 0 Å². The summed E-state index contributed by atoms with van der Waals surface area (Å²) in [6, 6.07) is 42.1. The van der Waals surface area contributed by atoms with Crippen molar-refractivity contribution in [2.45, 2.75) is 0 Å². The number of aromatic nitrogens is 4. The Bertz CT molecular complexity index is 2740. The van der Waals surface area contributed by atoms with Crippen molar-refractivity contribution in [2.24, 2.45) is 0 Å². The molecule has 45 heavy (non-hydrogen) atoms. The molecule has 0 saturated heterocycles. The maximum atomic E-state index is 14.9. The van der Waals surface area contributed by atoms with Gasteiger partial charge in [-0.3, -0.25) is 9.59 Å². The first-order valence-electron chi connectivity index (χ1n) is 14.6. The van der Waals surface area contributed by atoms with Gasteiger partial charge in [-0.2, -0.15) is 0 Å². The summed E-state index contributed by atoms with van der Waals surface area (Å²) in [5.41, 5.74) is 4.11. The third kappa shape index (κ3) is 3.64. The summed E-state index contributed by atoms with van der Waals surface area (Å²) in [7, 11) is 0. The number of pyridine rings is 1. The summed E-state index contributed by atoms with van der Waals surface area (Å²) in [4.78, 5) is 39.5. The van der Waals surface area contributed by atoms with Crippen molar-refractivity contribution in [1.82, 2.24) is 18.9 Å². The van der Waals surface area contributed by atoms with Gasteiger partial charge in [0.15, 0.2) is 0 Å². The molecule has 7 nitrogen and oxygen atoms in total. The molecule has 0 unspecified atom stereocenters. The molecule has 0 aliphatic heterocycles. The number of nitrogens with zero attached hydrogens (tertiary/aromatic N) is 4. The van der Waals surface area contributed by atoms with E-state index in [0.29, 0.717) is 44.2 Å². The third-order valence-electron chi connectivity index (χ3n) is 8.38. The number of rotatable bonds is 3. The van der Waals surface area contributed by atoms with Crippen LogP contribution in [0.15, 0.2) is 147 Å². The summed E-state index contributed by atoms with van der Waals surface area (Å²) < 4.78 is 9.33. The van der Waals surface area contributed by atoms with E-state index in [2.05, 4.69) is 0 Å². The van der Waals surface area contributed by atoms with Crippen molar-refractivity contribution in [3.05, 3.63) is 154 Å². The van der Waals surface area contributed by atoms with Gasteiger partial charge in [0, 0.05) is 27.3 Å². The Morgan fingerprint density at radius 1 is 0.533 bits per heavy atom. The molecule has 0 aliphatic carbocycles. The molecule has 0 fully saturated rings. The molecule has 0 amide bonds. The summed E-state index contributed by atoms with van der Waals surface area (Å²) in [5.74, 6) is 0.161. The van der Waals surface area contributed by atoms with E-state index in [-0.39, 0.29) is 28.2 Å². The predicted molar refractivity (Wildman–Crippen MR) is 178 cm³/mol. The average molecular weight is 583 g/mol. The standard InChI is InChI=1S/C38H22N4O3/c43-35-26-18-8-7-17-25(26)31(23-13-3-1-4-14-23)34-41(35)37-32(28-20-10-12-22-30(28)45-37)36(44)42(34)38-39-29-21-11-9-19-27(29)33(40-38)24-15-5-2-6-16-24/h1-22H. The number of benzene rings is 5. The highest BCUT2D eigenvalue weighted by Gasteiger charge is 2.26. The minimum Gasteiger partial charge on any atom is -0.439 e. The first-order chi connectivity index (χ1) is 22.2. The molecule has 9 aromatic rings. The van der Waals surface area contributed by atoms with Gasteiger partial charge in [0.05, 0.1) is 11.2 Å². The van der Waals surface area contributed by atoms with E-state index in [9.17, 15) is 9.59 Å². The monoisotopic (exact) mass is 582 g/mol. The van der Waals surface area contributed by atoms with E-state index in [1.165, 1.54) is 8.97 Å². The van der Waals surface area contributed by atoms with Gasteiger partial charge in [0.1, 0.15) is 16.6 Å². The lowest BCUT2D eigenvalue weighted by Crippen LogP contribution is -2.28. The van der Waals surface area contributed by atoms with E-state index in [4.69, 9.17) is 14.4 Å². The van der Waals surface area contributed by atoms with Crippen molar-refractivity contribution in [3.63, 3.8) is 0 Å². The molecule has 0 N–H and O–H groups in total. The van der Waals surface area contributed by atoms with Gasteiger partial charge in [0.2, 0.25) is 11.7 Å². The highest BCUT2D eigenvalue weighted by atomic mass is 16.3. The van der Waals surface area contributed by atoms with Crippen LogP contribution in [0.4, 0.5) is 0 Å². The molecule has 0 radical (unpaired) electrons. The van der Waals surface area contributed by atoms with E-state index in [0.717, 1.165) is 16.5 Å². The minimum absolute atomic E-state index is 0.161. The van der Waals surface area contributed by atoms with E-state index in [1.54, 1.807) is 12.1 Å². The summed E-state index contributed by atoms with van der Waals surface area (Å²) in [6.07, 6.45) is 0. The molecule has 0 saturated carbocycles. The van der Waals surface area contributed by atoms with Gasteiger partial charge in [-0.1, -0.05) is 115 Å². The van der Waals surface area contributed by atoms with E-state index in [1.807, 2.05) is 121 Å². The van der Waals surface area contributed by atoms with Crippen LogP contribution < -0.4 is 11.1 Å². The lowest BCUT2D eigenvalue weighted by atomic mass is 9.99. The topological polar surface area (TPSA) is 82.4 Å². The third-order valence-corrected chi connectivity index (χ3v) is 8.38. The van der Waals surface area contributed by atoms with Crippen LogP contribution in [-0.4, -0.2) is 18.9 Å². The van der Waals surface area contributed by atoms with Crippen LogP contribution in [0.5, 0.6) is 0 Å². The second-order valence-corrected chi connectivity index (χ2v) is 10.9. The number of hydrogen-bond acceptors (Lipinski definition) is 5. The molecular weight excluding hydrogens is 560 g/mol. The second kappa shape index (κ2) is 9.59. The highest BCUT2D eigenvalue weighted by Crippen LogP contribution is 2.36. The SMILES string of the molecule is O=c1c2c3ccccc3oc2n2c(=O)c3ccccc3c(-c3ccccc3)c2n1-c1nc(-c2ccccc2)c2ccccc2n1. The van der Waals surface area contributed by atoms with Crippen LogP contribution >= 0.6 is 0 Å². The van der Waals surface area contributed by atoms with Gasteiger partial charge in [-0.05, 0) is 29.1 Å². The molecule has 0 bridgehead atoms. The van der Waals surface area contributed by atoms with Crippen LogP contribution in [0.2, 0.25) is 0 Å². The molecule has 4 aromatic heterocycles. The fourth-order valence-electron chi connectivity index (χ4n) is 6.40. The Labute approximate surface area is 254 Å². The zero-order valence-electron chi connectivity index (χ0n) is 23.7. The largest absolute Gasteiger partial charge is 0.439 e. The second-order valence-electron chi connectivity index (χ2n) is 10.9. The Kier molecular flexibility index (Phi) is 5.37. The Morgan fingerprint density at radius 2 is 1.13 bits per heavy atom. The van der Waals surface area contributed by atoms with Crippen molar-refractivity contribution in [1.29, 1.82) is 0 Å². The van der Waals surface area contributed by atoms with Crippen LogP contribution in [-0.2, 0) is 0 Å². The molecule has 4 heterocycles. The fraction of sp³-hybridized carbons (Fsp3) is 0. The predicted octanol–water partition coefficient (Wildman–Crippen LogP) is 7.78. The number of furan rings is 1. The van der Waals surface area contributed by atoms with Gasteiger partial charge >= 0.3 is 0 Å². The molecular formula is C38H22N4O3. The summed E-state index contributed by atoms with van der Waals surface area (Å²) in [6.45, 7) is 0. The van der Waals surface area contributed by atoms with Gasteiger partial charge < -0.3 is 4.42 Å². The lowest BCUT2D eigenvalue weighted by Gasteiger charge is -2.18. The van der Waals surface area contributed by atoms with Crippen molar-refractivity contribution >= 4 is 49.4 Å². The maximum absolute atomic E-state index is 14.9. The summed E-state index contributed by atoms with van der Waals surface area (Å²) >= 11 is 0. The van der Waals surface area contributed by atoms with Crippen LogP contribution in [0.25, 0.3) is 77.7 Å². The fourth-order valence-corrected chi connectivity index (χ4v) is 6.40. The quantitative estimate of drug-likeness (QED) is 0.199. The molecule has 5 aromatic carbocycles. The molecule has 0 spiro atoms. The van der Waals surface area contributed by atoms with Crippen LogP contribution in [0.3, 0.4) is 0 Å². The zero-order chi connectivity index (χ0) is 30.1. The van der Waals surface area contributed by atoms with Gasteiger partial charge in [-0.25, -0.2) is 18.9 Å². The number of para-hydroxylation sites is 2. The van der Waals surface area contributed by atoms with E-state index >= 15 is 0 Å². The maximum Gasteiger partial charge on any atom is 0.272 e. The summed E-state index contributed by atoms with van der Waals surface area (Å²) in [5, 5.41) is 2.96. The first-order valence-corrected chi connectivity index (χ1v) is 14.6. The van der Waals surface area contributed by atoms with Crippen LogP contribution in [0, 0.1) is 0 Å². The van der Waals surface area contributed by atoms with E-state index < -0.39 is 0 Å². The van der Waals surface area contributed by atoms with Crippen molar-refractivity contribution in [3.8, 4) is 28.3 Å². The first kappa shape index (κ1) is 25.2. The normalized spacial score (nSPS) is 11.7. The smallest absolute Gasteiger partial charge is 0.272 e. The van der Waals surface area contributed by atoms with Crippen molar-refractivity contribution < 1.29 is 4.42 Å². The highest BCUT2D eigenvalue weighted by molar-refractivity contribution is 6.08. The Morgan fingerprint density at radius 3 is 1.89 bits per heavy atom. The van der Waals surface area contributed by atoms with Gasteiger partial charge in [0.25, 0.3) is 11.1 Å². The Balaban J connectivity index is 1.58. The molecule has 9 rings (SSSR count). The minimum atomic E-state index is -0.379. The van der Waals surface area contributed by atoms with Crippen molar-refractivity contribution in [2.75, 3.05) is 0 Å². The average Bonchev–Trinajstić information content (AvgIpc) is 3.49. The Hall–Kier alpha value is -6.34. The molecule has 212 valence electrons. The van der Waals surface area contributed by atoms with Gasteiger partial charge in [-0.15, -0.1) is 0 Å². The zero-order valence-corrected chi connectivity index (χ0v) is 23.7. The number of hydrogen-bond donors (Lipinski definition) is 0. The molecule has 0 atom stereocenters.